The van der Waals surface area contributed by atoms with Crippen molar-refractivity contribution in [3.8, 4) is 0 Å². The van der Waals surface area contributed by atoms with E-state index in [1.165, 1.54) is 18.4 Å². The number of hydrogen-bond donors (Lipinski definition) is 7. The normalized spacial score (nSPS) is 58.4. The first-order valence-corrected chi connectivity index (χ1v) is 19.5. The Morgan fingerprint density at radius 3 is 2.33 bits per heavy atom. The summed E-state index contributed by atoms with van der Waals surface area (Å²) in [6, 6.07) is 0. The molecule has 4 aliphatic carbocycles. The van der Waals surface area contributed by atoms with Gasteiger partial charge >= 0.3 is 0 Å². The largest absolute Gasteiger partial charge is 0.394 e. The van der Waals surface area contributed by atoms with Crippen molar-refractivity contribution in [1.82, 2.24) is 0 Å². The fourth-order valence-electron chi connectivity index (χ4n) is 12.4. The molecule has 13 nitrogen and oxygen atoms in total. The molecular formula is C38H60O13. The van der Waals surface area contributed by atoms with Gasteiger partial charge in [-0.2, -0.15) is 0 Å². The molecule has 0 aromatic rings. The predicted octanol–water partition coefficient (Wildman–Crippen LogP) is 1.32. The first-order chi connectivity index (χ1) is 24.2. The summed E-state index contributed by atoms with van der Waals surface area (Å²) >= 11 is 0. The molecule has 8 aliphatic rings. The van der Waals surface area contributed by atoms with Gasteiger partial charge in [0.15, 0.2) is 24.7 Å². The average Bonchev–Trinajstić information content (AvgIpc) is 3.56. The SMILES string of the molecule is C[C@@H]1CC[C@@]2(OC1)O[C@@H]1C[C@H]3[C@@H]4CC=C5CC(O[C@@H]6O[C@H](CO)[C@@H](O)[C@H](O)[C@H]6O[C@@H]6O[C@@H](O)[C@H](O)[C@@H](O)[C@H]6O)CC[C@]5(C)[C@H]4CC[C@]3(C)[C@@H]1[C@@H]2C. The van der Waals surface area contributed by atoms with Crippen LogP contribution in [-0.4, -0.2) is 129 Å². The van der Waals surface area contributed by atoms with Crippen LogP contribution in [0.15, 0.2) is 11.6 Å². The molecule has 0 amide bonds. The maximum atomic E-state index is 11.1. The minimum atomic E-state index is -1.86. The van der Waals surface area contributed by atoms with E-state index in [0.29, 0.717) is 41.9 Å². The van der Waals surface area contributed by atoms with Crippen LogP contribution >= 0.6 is 0 Å². The molecular weight excluding hydrogens is 664 g/mol. The van der Waals surface area contributed by atoms with Crippen molar-refractivity contribution in [2.24, 2.45) is 46.3 Å². The van der Waals surface area contributed by atoms with Crippen LogP contribution in [0.25, 0.3) is 0 Å². The summed E-state index contributed by atoms with van der Waals surface area (Å²) in [5.74, 6) is 2.82. The molecule has 4 aliphatic heterocycles. The summed E-state index contributed by atoms with van der Waals surface area (Å²) in [7, 11) is 0. The maximum absolute atomic E-state index is 11.1. The van der Waals surface area contributed by atoms with Gasteiger partial charge in [0, 0.05) is 12.3 Å². The minimum absolute atomic E-state index is 0.0257. The van der Waals surface area contributed by atoms with Crippen LogP contribution in [0.2, 0.25) is 0 Å². The molecule has 3 saturated carbocycles. The van der Waals surface area contributed by atoms with Crippen molar-refractivity contribution in [2.45, 2.75) is 165 Å². The zero-order chi connectivity index (χ0) is 36.2. The number of aliphatic hydroxyl groups excluding tert-OH is 7. The number of aliphatic hydroxyl groups is 7. The van der Waals surface area contributed by atoms with Crippen LogP contribution in [-0.2, 0) is 28.4 Å². The monoisotopic (exact) mass is 724 g/mol. The minimum Gasteiger partial charge on any atom is -0.394 e. The molecule has 1 spiro atoms. The summed E-state index contributed by atoms with van der Waals surface area (Å²) in [6.45, 7) is 9.83. The van der Waals surface area contributed by atoms with Crippen molar-refractivity contribution in [1.29, 1.82) is 0 Å². The average molecular weight is 725 g/mol. The molecule has 21 atom stereocenters. The van der Waals surface area contributed by atoms with Crippen LogP contribution in [0.4, 0.5) is 0 Å². The van der Waals surface area contributed by atoms with Gasteiger partial charge in [0.2, 0.25) is 0 Å². The van der Waals surface area contributed by atoms with E-state index < -0.39 is 74.0 Å². The Morgan fingerprint density at radius 2 is 1.61 bits per heavy atom. The lowest BCUT2D eigenvalue weighted by atomic mass is 9.47. The maximum Gasteiger partial charge on any atom is 0.189 e. The van der Waals surface area contributed by atoms with E-state index >= 15 is 0 Å². The molecule has 8 rings (SSSR count). The molecule has 0 aromatic carbocycles. The van der Waals surface area contributed by atoms with E-state index in [1.54, 1.807) is 0 Å². The predicted molar refractivity (Wildman–Crippen MR) is 178 cm³/mol. The van der Waals surface area contributed by atoms with Gasteiger partial charge in [-0.3, -0.25) is 0 Å². The quantitative estimate of drug-likeness (QED) is 0.201. The Morgan fingerprint density at radius 1 is 0.824 bits per heavy atom. The van der Waals surface area contributed by atoms with Crippen molar-refractivity contribution < 1.29 is 64.2 Å². The number of allylic oxidation sites excluding steroid dienone is 1. The number of fused-ring (bicyclic) bond motifs is 7. The molecule has 4 heterocycles. The molecule has 51 heavy (non-hydrogen) atoms. The number of rotatable bonds is 5. The zero-order valence-corrected chi connectivity index (χ0v) is 30.3. The van der Waals surface area contributed by atoms with Gasteiger partial charge < -0.3 is 64.2 Å². The Bertz CT molecular complexity index is 1310. The third-order valence-corrected chi connectivity index (χ3v) is 15.3. The zero-order valence-electron chi connectivity index (χ0n) is 30.3. The Hall–Kier alpha value is -0.780. The Balaban J connectivity index is 0.964. The third-order valence-electron chi connectivity index (χ3n) is 15.3. The van der Waals surface area contributed by atoms with Crippen LogP contribution < -0.4 is 0 Å². The fraction of sp³-hybridized carbons (Fsp3) is 0.947. The van der Waals surface area contributed by atoms with Crippen LogP contribution in [0.5, 0.6) is 0 Å². The van der Waals surface area contributed by atoms with Crippen molar-refractivity contribution in [3.05, 3.63) is 11.6 Å². The highest BCUT2D eigenvalue weighted by Gasteiger charge is 2.68. The standard InChI is InChI=1S/C38H60O13/c1-17-7-12-38(46-16-17)18(2)26-24(51-38)14-23-21-6-5-19-13-20(8-10-36(19,3)22(21)9-11-37(23,26)4)47-35-32(29(42)27(40)25(15-39)48-35)49-34-31(44)28(41)30(43)33(45)50-34/h5,17-18,20-35,39-45H,6-16H2,1-4H3/t17-,18+,20?,21-,22+,23+,24-,25-,26-,27-,28-,29+,30-,31-,32-,33-,34-,35-,36+,37+,38-/m1/s1. The number of ether oxygens (including phenoxy) is 6. The Labute approximate surface area is 300 Å². The molecule has 7 N–H and O–H groups in total. The van der Waals surface area contributed by atoms with Gasteiger partial charge in [-0.15, -0.1) is 0 Å². The third kappa shape index (κ3) is 5.83. The van der Waals surface area contributed by atoms with Crippen LogP contribution in [0.3, 0.4) is 0 Å². The second kappa shape index (κ2) is 13.5. The van der Waals surface area contributed by atoms with E-state index in [2.05, 4.69) is 33.8 Å². The molecule has 13 heteroatoms. The summed E-state index contributed by atoms with van der Waals surface area (Å²) in [5.41, 5.74) is 1.62. The number of hydrogen-bond acceptors (Lipinski definition) is 13. The lowest BCUT2D eigenvalue weighted by Gasteiger charge is -2.58. The van der Waals surface area contributed by atoms with Crippen molar-refractivity contribution >= 4 is 0 Å². The first kappa shape index (κ1) is 37.2. The van der Waals surface area contributed by atoms with E-state index in [0.717, 1.165) is 45.1 Å². The second-order valence-electron chi connectivity index (χ2n) is 18.0. The van der Waals surface area contributed by atoms with E-state index in [-0.39, 0.29) is 23.0 Å². The first-order valence-electron chi connectivity index (χ1n) is 19.5. The van der Waals surface area contributed by atoms with Gasteiger partial charge in [-0.25, -0.2) is 0 Å². The summed E-state index contributed by atoms with van der Waals surface area (Å²) in [5, 5.41) is 72.3. The molecule has 4 saturated heterocycles. The topological polar surface area (TPSA) is 197 Å². The van der Waals surface area contributed by atoms with Crippen LogP contribution in [0.1, 0.15) is 85.5 Å². The molecule has 0 aromatic heterocycles. The van der Waals surface area contributed by atoms with Gasteiger partial charge in [0.05, 0.1) is 25.4 Å². The summed E-state index contributed by atoms with van der Waals surface area (Å²) < 4.78 is 36.9. The molecule has 7 fully saturated rings. The summed E-state index contributed by atoms with van der Waals surface area (Å²) in [6.07, 6.45) is -4.47. The summed E-state index contributed by atoms with van der Waals surface area (Å²) in [4.78, 5) is 0. The van der Waals surface area contributed by atoms with Crippen molar-refractivity contribution in [3.63, 3.8) is 0 Å². The van der Waals surface area contributed by atoms with Crippen LogP contribution in [0, 0.1) is 46.3 Å². The lowest BCUT2D eigenvalue weighted by molar-refractivity contribution is -0.388. The molecule has 1 unspecified atom stereocenters. The second-order valence-corrected chi connectivity index (χ2v) is 18.0. The molecule has 0 bridgehead atoms. The molecule has 290 valence electrons. The van der Waals surface area contributed by atoms with Gasteiger partial charge in [-0.05, 0) is 91.8 Å². The van der Waals surface area contributed by atoms with Gasteiger partial charge in [-0.1, -0.05) is 39.3 Å². The van der Waals surface area contributed by atoms with E-state index in [1.807, 2.05) is 0 Å². The molecule has 0 radical (unpaired) electrons. The fourth-order valence-corrected chi connectivity index (χ4v) is 12.4. The van der Waals surface area contributed by atoms with E-state index in [9.17, 15) is 35.7 Å². The lowest BCUT2D eigenvalue weighted by Crippen LogP contribution is -2.64. The van der Waals surface area contributed by atoms with Crippen molar-refractivity contribution in [2.75, 3.05) is 13.2 Å². The Kier molecular flexibility index (Phi) is 9.80. The highest BCUT2D eigenvalue weighted by Crippen LogP contribution is 2.70. The van der Waals surface area contributed by atoms with Gasteiger partial charge in [0.1, 0.15) is 42.7 Å². The van der Waals surface area contributed by atoms with Gasteiger partial charge in [0.25, 0.3) is 0 Å². The highest BCUT2D eigenvalue weighted by molar-refractivity contribution is 5.26. The smallest absolute Gasteiger partial charge is 0.189 e. The highest BCUT2D eigenvalue weighted by atomic mass is 16.8. The van der Waals surface area contributed by atoms with E-state index in [4.69, 9.17) is 28.4 Å².